The molecule has 6 nitrogen and oxygen atoms in total. The molecule has 1 rings (SSSR count). The SMILES string of the molecule is C=Cc1ccc(CNCC(CO)OCCOCCOCCO)cc1. The van der Waals surface area contributed by atoms with Gasteiger partial charge in [0, 0.05) is 13.1 Å². The molecule has 0 radical (unpaired) electrons. The minimum atomic E-state index is -0.258. The van der Waals surface area contributed by atoms with E-state index in [0.29, 0.717) is 39.6 Å². The van der Waals surface area contributed by atoms with Crippen molar-refractivity contribution in [2.75, 3.05) is 52.8 Å². The predicted molar refractivity (Wildman–Crippen MR) is 93.8 cm³/mol. The van der Waals surface area contributed by atoms with Crippen molar-refractivity contribution in [3.8, 4) is 0 Å². The summed E-state index contributed by atoms with van der Waals surface area (Å²) in [6.07, 6.45) is 1.56. The molecular weight excluding hydrogens is 310 g/mol. The molecule has 1 atom stereocenters. The summed E-state index contributed by atoms with van der Waals surface area (Å²) in [7, 11) is 0. The maximum atomic E-state index is 9.33. The molecule has 0 spiro atoms. The third kappa shape index (κ3) is 9.77. The molecule has 1 aromatic carbocycles. The lowest BCUT2D eigenvalue weighted by atomic mass is 10.1. The van der Waals surface area contributed by atoms with Gasteiger partial charge < -0.3 is 29.7 Å². The normalized spacial score (nSPS) is 12.2. The molecule has 136 valence electrons. The van der Waals surface area contributed by atoms with E-state index in [-0.39, 0.29) is 19.3 Å². The van der Waals surface area contributed by atoms with Gasteiger partial charge in [0.05, 0.1) is 52.4 Å². The van der Waals surface area contributed by atoms with Gasteiger partial charge in [0.2, 0.25) is 0 Å². The maximum Gasteiger partial charge on any atom is 0.0930 e. The summed E-state index contributed by atoms with van der Waals surface area (Å²) in [4.78, 5) is 0. The molecular formula is C18H29NO5. The van der Waals surface area contributed by atoms with E-state index in [1.54, 1.807) is 0 Å². The van der Waals surface area contributed by atoms with E-state index in [4.69, 9.17) is 19.3 Å². The minimum absolute atomic E-state index is 0.0205. The van der Waals surface area contributed by atoms with E-state index in [0.717, 1.165) is 12.1 Å². The van der Waals surface area contributed by atoms with Crippen LogP contribution in [0.3, 0.4) is 0 Å². The van der Waals surface area contributed by atoms with Gasteiger partial charge in [-0.3, -0.25) is 0 Å². The van der Waals surface area contributed by atoms with Crippen LogP contribution in [0.5, 0.6) is 0 Å². The van der Waals surface area contributed by atoms with Gasteiger partial charge in [0.25, 0.3) is 0 Å². The topological polar surface area (TPSA) is 80.2 Å². The number of ether oxygens (including phenoxy) is 3. The summed E-state index contributed by atoms with van der Waals surface area (Å²) >= 11 is 0. The van der Waals surface area contributed by atoms with Crippen LogP contribution in [0, 0.1) is 0 Å². The van der Waals surface area contributed by atoms with E-state index in [9.17, 15) is 5.11 Å². The molecule has 0 bridgehead atoms. The zero-order chi connectivity index (χ0) is 17.5. The number of hydrogen-bond donors (Lipinski definition) is 3. The fourth-order valence-electron chi connectivity index (χ4n) is 1.99. The van der Waals surface area contributed by atoms with Crippen LogP contribution in [0.2, 0.25) is 0 Å². The van der Waals surface area contributed by atoms with Gasteiger partial charge >= 0.3 is 0 Å². The second kappa shape index (κ2) is 14.1. The molecule has 0 aromatic heterocycles. The number of nitrogens with one attached hydrogen (secondary N) is 1. The third-order valence-electron chi connectivity index (χ3n) is 3.31. The number of benzene rings is 1. The molecule has 0 amide bonds. The van der Waals surface area contributed by atoms with Crippen LogP contribution in [0.25, 0.3) is 6.08 Å². The van der Waals surface area contributed by atoms with Gasteiger partial charge in [-0.1, -0.05) is 36.9 Å². The molecule has 0 saturated heterocycles. The van der Waals surface area contributed by atoms with Crippen molar-refractivity contribution in [2.45, 2.75) is 12.6 Å². The summed E-state index contributed by atoms with van der Waals surface area (Å²) in [5.74, 6) is 0. The molecule has 0 aliphatic heterocycles. The average Bonchev–Trinajstić information content (AvgIpc) is 2.63. The number of aliphatic hydroxyl groups is 2. The van der Waals surface area contributed by atoms with Gasteiger partial charge in [0.15, 0.2) is 0 Å². The first kappa shape index (κ1) is 20.8. The molecule has 3 N–H and O–H groups in total. The smallest absolute Gasteiger partial charge is 0.0930 e. The third-order valence-corrected chi connectivity index (χ3v) is 3.31. The highest BCUT2D eigenvalue weighted by Gasteiger charge is 2.07. The first-order chi connectivity index (χ1) is 11.8. The molecule has 0 saturated carbocycles. The summed E-state index contributed by atoms with van der Waals surface area (Å²) in [5.41, 5.74) is 2.26. The van der Waals surface area contributed by atoms with E-state index >= 15 is 0 Å². The van der Waals surface area contributed by atoms with Crippen LogP contribution in [-0.4, -0.2) is 69.1 Å². The largest absolute Gasteiger partial charge is 0.394 e. The molecule has 0 fully saturated rings. The lowest BCUT2D eigenvalue weighted by Crippen LogP contribution is -2.32. The summed E-state index contributed by atoms with van der Waals surface area (Å²) in [6, 6.07) is 8.13. The molecule has 24 heavy (non-hydrogen) atoms. The molecule has 0 heterocycles. The predicted octanol–water partition coefficient (Wildman–Crippen LogP) is 0.822. The fourth-order valence-corrected chi connectivity index (χ4v) is 1.99. The van der Waals surface area contributed by atoms with Crippen LogP contribution in [0.4, 0.5) is 0 Å². The van der Waals surface area contributed by atoms with Gasteiger partial charge in [0.1, 0.15) is 0 Å². The quantitative estimate of drug-likeness (QED) is 0.411. The van der Waals surface area contributed by atoms with Crippen molar-refractivity contribution in [3.63, 3.8) is 0 Å². The highest BCUT2D eigenvalue weighted by Crippen LogP contribution is 2.05. The Hall–Kier alpha value is -1.28. The molecule has 1 aromatic rings. The first-order valence-electron chi connectivity index (χ1n) is 8.21. The molecule has 0 aliphatic rings. The Balaban J connectivity index is 2.06. The van der Waals surface area contributed by atoms with Crippen molar-refractivity contribution in [2.24, 2.45) is 0 Å². The fraction of sp³-hybridized carbons (Fsp3) is 0.556. The number of aliphatic hydroxyl groups excluding tert-OH is 2. The zero-order valence-corrected chi connectivity index (χ0v) is 14.2. The Morgan fingerprint density at radius 1 is 1.00 bits per heavy atom. The maximum absolute atomic E-state index is 9.33. The second-order valence-electron chi connectivity index (χ2n) is 5.20. The average molecular weight is 339 g/mol. The Morgan fingerprint density at radius 2 is 1.67 bits per heavy atom. The highest BCUT2D eigenvalue weighted by molar-refractivity contribution is 5.47. The standard InChI is InChI=1S/C18H29NO5/c1-2-16-3-5-17(6-4-16)13-19-14-18(15-21)24-12-11-23-10-9-22-8-7-20/h2-6,18-21H,1,7-15H2. The molecule has 1 unspecified atom stereocenters. The summed E-state index contributed by atoms with van der Waals surface area (Å²) in [5, 5.41) is 21.1. The van der Waals surface area contributed by atoms with Crippen LogP contribution in [0.15, 0.2) is 30.8 Å². The van der Waals surface area contributed by atoms with Crippen molar-refractivity contribution in [1.29, 1.82) is 0 Å². The van der Waals surface area contributed by atoms with E-state index in [1.165, 1.54) is 5.56 Å². The van der Waals surface area contributed by atoms with Crippen molar-refractivity contribution in [3.05, 3.63) is 42.0 Å². The Morgan fingerprint density at radius 3 is 2.29 bits per heavy atom. The number of hydrogen-bond acceptors (Lipinski definition) is 6. The van der Waals surface area contributed by atoms with E-state index in [1.807, 2.05) is 30.3 Å². The Bertz CT molecular complexity index is 424. The van der Waals surface area contributed by atoms with Gasteiger partial charge in [-0.2, -0.15) is 0 Å². The van der Waals surface area contributed by atoms with E-state index in [2.05, 4.69) is 11.9 Å². The number of rotatable bonds is 15. The summed E-state index contributed by atoms with van der Waals surface area (Å²) < 4.78 is 16.0. The second-order valence-corrected chi connectivity index (χ2v) is 5.20. The lowest BCUT2D eigenvalue weighted by molar-refractivity contribution is -0.0295. The van der Waals surface area contributed by atoms with E-state index < -0.39 is 0 Å². The monoisotopic (exact) mass is 339 g/mol. The van der Waals surface area contributed by atoms with Crippen LogP contribution < -0.4 is 5.32 Å². The van der Waals surface area contributed by atoms with Crippen molar-refractivity contribution >= 4 is 6.08 Å². The van der Waals surface area contributed by atoms with Crippen molar-refractivity contribution in [1.82, 2.24) is 5.32 Å². The van der Waals surface area contributed by atoms with Crippen LogP contribution >= 0.6 is 0 Å². The summed E-state index contributed by atoms with van der Waals surface area (Å²) in [6.45, 7) is 7.11. The molecule has 0 aliphatic carbocycles. The lowest BCUT2D eigenvalue weighted by Gasteiger charge is -2.16. The van der Waals surface area contributed by atoms with Crippen LogP contribution in [0.1, 0.15) is 11.1 Å². The highest BCUT2D eigenvalue weighted by atomic mass is 16.5. The van der Waals surface area contributed by atoms with Crippen molar-refractivity contribution < 1.29 is 24.4 Å². The van der Waals surface area contributed by atoms with Gasteiger partial charge in [-0.15, -0.1) is 0 Å². The molecule has 6 heteroatoms. The van der Waals surface area contributed by atoms with Crippen LogP contribution in [-0.2, 0) is 20.8 Å². The Kier molecular flexibility index (Phi) is 12.2. The minimum Gasteiger partial charge on any atom is -0.394 e. The Labute approximate surface area is 144 Å². The zero-order valence-electron chi connectivity index (χ0n) is 14.2. The van der Waals surface area contributed by atoms with Gasteiger partial charge in [-0.25, -0.2) is 0 Å². The van der Waals surface area contributed by atoms with Gasteiger partial charge in [-0.05, 0) is 11.1 Å². The first-order valence-corrected chi connectivity index (χ1v) is 8.21.